The van der Waals surface area contributed by atoms with E-state index in [1.54, 1.807) is 14.2 Å². The lowest BCUT2D eigenvalue weighted by Crippen LogP contribution is -2.05. The maximum absolute atomic E-state index is 5.60. The Bertz CT molecular complexity index is 1420. The van der Waals surface area contributed by atoms with Crippen LogP contribution in [0.15, 0.2) is 66.9 Å². The molecule has 2 aliphatic rings. The van der Waals surface area contributed by atoms with E-state index < -0.39 is 0 Å². The average Bonchev–Trinajstić information content (AvgIpc) is 3.28. The monoisotopic (exact) mass is 453 g/mol. The second-order valence-corrected chi connectivity index (χ2v) is 8.24. The highest BCUT2D eigenvalue weighted by Crippen LogP contribution is 2.41. The lowest BCUT2D eigenvalue weighted by Gasteiger charge is -2.18. The van der Waals surface area contributed by atoms with Crippen LogP contribution in [0.2, 0.25) is 0 Å². The van der Waals surface area contributed by atoms with Crippen molar-refractivity contribution in [2.75, 3.05) is 20.8 Å². The molecule has 0 atom stereocenters. The number of rotatable bonds is 7. The van der Waals surface area contributed by atoms with Crippen molar-refractivity contribution in [3.8, 4) is 39.8 Å². The molecular weight excluding hydrogens is 426 g/mol. The van der Waals surface area contributed by atoms with Crippen LogP contribution in [0.3, 0.4) is 0 Å². The van der Waals surface area contributed by atoms with Gasteiger partial charge in [-0.05, 0) is 49.7 Å². The fourth-order valence-electron chi connectivity index (χ4n) is 4.39. The molecule has 0 saturated carbocycles. The first-order valence-corrected chi connectivity index (χ1v) is 11.3. The second kappa shape index (κ2) is 9.06. The topological polar surface area (TPSA) is 58.4 Å². The Balaban J connectivity index is 1.72. The number of ether oxygens (including phenoxy) is 3. The Hall–Kier alpha value is -4.06. The molecule has 0 aromatic heterocycles. The molecule has 3 aromatic rings. The van der Waals surface area contributed by atoms with Crippen molar-refractivity contribution in [2.24, 2.45) is 0 Å². The van der Waals surface area contributed by atoms with Crippen molar-refractivity contribution < 1.29 is 14.2 Å². The zero-order valence-electron chi connectivity index (χ0n) is 19.8. The second-order valence-electron chi connectivity index (χ2n) is 8.24. The molecule has 5 rings (SSSR count). The number of methoxy groups -OCH3 is 2. The van der Waals surface area contributed by atoms with E-state index in [4.69, 9.17) is 14.2 Å². The summed E-state index contributed by atoms with van der Waals surface area (Å²) in [6.07, 6.45) is 2.14. The predicted octanol–water partition coefficient (Wildman–Crippen LogP) is 5.98. The van der Waals surface area contributed by atoms with E-state index >= 15 is 0 Å². The number of nitrogens with zero attached hydrogens (tertiary/aromatic N) is 3. The van der Waals surface area contributed by atoms with Gasteiger partial charge >= 0.3 is 0 Å². The van der Waals surface area contributed by atoms with Crippen LogP contribution in [0.1, 0.15) is 18.1 Å². The van der Waals surface area contributed by atoms with Crippen LogP contribution in [-0.2, 0) is 6.54 Å². The van der Waals surface area contributed by atoms with Crippen molar-refractivity contribution in [3.63, 3.8) is 0 Å². The lowest BCUT2D eigenvalue weighted by atomic mass is 10.0. The first-order valence-electron chi connectivity index (χ1n) is 11.3. The van der Waals surface area contributed by atoms with Gasteiger partial charge in [-0.25, -0.2) is 0 Å². The first kappa shape index (κ1) is 21.8. The highest BCUT2D eigenvalue weighted by atomic mass is 16.5. The van der Waals surface area contributed by atoms with Crippen LogP contribution in [-0.4, -0.2) is 35.6 Å². The van der Waals surface area contributed by atoms with Crippen LogP contribution < -0.4 is 14.2 Å². The van der Waals surface area contributed by atoms with E-state index in [1.165, 1.54) is 11.1 Å². The standard InChI is InChI=1S/C28H27N3O3/c1-5-34-21-11-9-20(10-12-21)27-23-17-31(16-19-8-6-7-18(2)13-19)24-15-26(33-4)25(32-3)14-22(24)28(23)30-29-27/h6-15,17H,5,16H2,1-4H3. The minimum atomic E-state index is 0.634. The van der Waals surface area contributed by atoms with Crippen LogP contribution in [0, 0.1) is 6.92 Å². The maximum atomic E-state index is 5.60. The molecule has 0 N–H and O–H groups in total. The SMILES string of the molecule is CCOc1ccc(-c2nnc3c4cc(OC)c(OC)cc4n(Cc4cccc(C)c4)cc2-3)cc1. The fraction of sp³-hybridized carbons (Fsp3) is 0.214. The summed E-state index contributed by atoms with van der Waals surface area (Å²) in [6.45, 7) is 5.43. The van der Waals surface area contributed by atoms with Crippen molar-refractivity contribution in [3.05, 3.63) is 78.0 Å². The van der Waals surface area contributed by atoms with Gasteiger partial charge in [0.2, 0.25) is 0 Å². The van der Waals surface area contributed by atoms with Gasteiger partial charge in [0.25, 0.3) is 0 Å². The molecule has 2 aliphatic heterocycles. The van der Waals surface area contributed by atoms with Crippen molar-refractivity contribution in [2.45, 2.75) is 20.4 Å². The number of hydrogen-bond acceptors (Lipinski definition) is 5. The summed E-state index contributed by atoms with van der Waals surface area (Å²) in [6, 6.07) is 20.5. The summed E-state index contributed by atoms with van der Waals surface area (Å²) in [7, 11) is 3.30. The molecule has 6 heteroatoms. The third kappa shape index (κ3) is 3.92. The number of fused-ring (bicyclic) bond motifs is 3. The molecule has 0 aliphatic carbocycles. The Labute approximate surface area is 199 Å². The van der Waals surface area contributed by atoms with Gasteiger partial charge in [-0.2, -0.15) is 0 Å². The van der Waals surface area contributed by atoms with Gasteiger partial charge in [0.05, 0.1) is 26.3 Å². The Morgan fingerprint density at radius 3 is 2.29 bits per heavy atom. The zero-order chi connectivity index (χ0) is 23.7. The molecule has 3 aromatic carbocycles. The number of hydrogen-bond donors (Lipinski definition) is 0. The van der Waals surface area contributed by atoms with Gasteiger partial charge in [0.1, 0.15) is 17.1 Å². The van der Waals surface area contributed by atoms with E-state index in [2.05, 4.69) is 52.2 Å². The van der Waals surface area contributed by atoms with Gasteiger partial charge in [0.15, 0.2) is 11.5 Å². The Morgan fingerprint density at radius 2 is 1.59 bits per heavy atom. The third-order valence-corrected chi connectivity index (χ3v) is 5.99. The smallest absolute Gasteiger partial charge is 0.162 e. The van der Waals surface area contributed by atoms with Crippen molar-refractivity contribution in [1.82, 2.24) is 14.8 Å². The highest BCUT2D eigenvalue weighted by Gasteiger charge is 2.22. The Kier molecular flexibility index (Phi) is 5.80. The molecule has 0 fully saturated rings. The van der Waals surface area contributed by atoms with Crippen LogP contribution in [0.25, 0.3) is 33.4 Å². The number of aromatic nitrogens is 3. The molecule has 0 unspecified atom stereocenters. The van der Waals surface area contributed by atoms with Gasteiger partial charge in [0, 0.05) is 35.3 Å². The van der Waals surface area contributed by atoms with Gasteiger partial charge in [-0.3, -0.25) is 0 Å². The highest BCUT2D eigenvalue weighted by molar-refractivity contribution is 5.99. The summed E-state index contributed by atoms with van der Waals surface area (Å²) < 4.78 is 19.0. The first-order chi connectivity index (χ1) is 16.6. The molecule has 0 spiro atoms. The quantitative estimate of drug-likeness (QED) is 0.304. The summed E-state index contributed by atoms with van der Waals surface area (Å²) in [5, 5.41) is 10.1. The molecule has 0 saturated heterocycles. The van der Waals surface area contributed by atoms with Crippen LogP contribution in [0.5, 0.6) is 17.2 Å². The van der Waals surface area contributed by atoms with E-state index in [1.807, 2.05) is 43.3 Å². The molecule has 2 heterocycles. The molecule has 172 valence electrons. The lowest BCUT2D eigenvalue weighted by molar-refractivity contribution is 0.340. The summed E-state index contributed by atoms with van der Waals surface area (Å²) >= 11 is 0. The minimum Gasteiger partial charge on any atom is -0.494 e. The van der Waals surface area contributed by atoms with E-state index in [0.29, 0.717) is 24.7 Å². The molecule has 0 amide bonds. The van der Waals surface area contributed by atoms with E-state index in [0.717, 1.165) is 39.2 Å². The minimum absolute atomic E-state index is 0.634. The molecule has 6 nitrogen and oxygen atoms in total. The summed E-state index contributed by atoms with van der Waals surface area (Å²) in [5.41, 5.74) is 7.10. The van der Waals surface area contributed by atoms with E-state index in [-0.39, 0.29) is 0 Å². The van der Waals surface area contributed by atoms with Gasteiger partial charge < -0.3 is 18.8 Å². The third-order valence-electron chi connectivity index (χ3n) is 5.99. The zero-order valence-corrected chi connectivity index (χ0v) is 19.8. The normalized spacial score (nSPS) is 11.2. The van der Waals surface area contributed by atoms with Crippen LogP contribution >= 0.6 is 0 Å². The average molecular weight is 454 g/mol. The number of pyridine rings is 1. The molecular formula is C28H27N3O3. The largest absolute Gasteiger partial charge is 0.494 e. The maximum Gasteiger partial charge on any atom is 0.162 e. The summed E-state index contributed by atoms with van der Waals surface area (Å²) in [4.78, 5) is 0. The van der Waals surface area contributed by atoms with Gasteiger partial charge in [-0.15, -0.1) is 10.2 Å². The number of aryl methyl sites for hydroxylation is 1. The number of benzene rings is 3. The van der Waals surface area contributed by atoms with Crippen molar-refractivity contribution >= 4 is 10.9 Å². The van der Waals surface area contributed by atoms with Crippen LogP contribution in [0.4, 0.5) is 0 Å². The molecule has 0 bridgehead atoms. The van der Waals surface area contributed by atoms with Crippen molar-refractivity contribution in [1.29, 1.82) is 0 Å². The molecule has 0 radical (unpaired) electrons. The predicted molar refractivity (Wildman–Crippen MR) is 134 cm³/mol. The van der Waals surface area contributed by atoms with Gasteiger partial charge in [-0.1, -0.05) is 29.8 Å². The molecule has 34 heavy (non-hydrogen) atoms. The van der Waals surface area contributed by atoms with E-state index in [9.17, 15) is 0 Å². The fourth-order valence-corrected chi connectivity index (χ4v) is 4.39. The Morgan fingerprint density at radius 1 is 0.853 bits per heavy atom. The summed E-state index contributed by atoms with van der Waals surface area (Å²) in [5.74, 6) is 2.18.